The van der Waals surface area contributed by atoms with E-state index in [2.05, 4.69) is 15.9 Å². The first kappa shape index (κ1) is 9.80. The van der Waals surface area contributed by atoms with Crippen LogP contribution >= 0.6 is 15.9 Å². The van der Waals surface area contributed by atoms with Gasteiger partial charge < -0.3 is 15.9 Å². The number of halogens is 1. The van der Waals surface area contributed by atoms with E-state index in [-0.39, 0.29) is 17.5 Å². The van der Waals surface area contributed by atoms with Gasteiger partial charge >= 0.3 is 0 Å². The molecule has 0 aromatic heterocycles. The van der Waals surface area contributed by atoms with Crippen molar-refractivity contribution in [3.8, 4) is 11.5 Å². The Bertz CT molecular complexity index is 340. The summed E-state index contributed by atoms with van der Waals surface area (Å²) in [5.41, 5.74) is 6.84. The Balaban J connectivity index is 2.34. The zero-order valence-electron chi connectivity index (χ0n) is 7.57. The van der Waals surface area contributed by atoms with Crippen molar-refractivity contribution in [3.05, 3.63) is 22.2 Å². The lowest BCUT2D eigenvalue weighted by Gasteiger charge is -2.12. The molecule has 76 valence electrons. The Morgan fingerprint density at radius 1 is 1.36 bits per heavy atom. The topological polar surface area (TPSA) is 66.5 Å². The minimum atomic E-state index is -0.128. The minimum absolute atomic E-state index is 0.0298. The summed E-state index contributed by atoms with van der Waals surface area (Å²) in [6, 6.07) is 3.26. The molecule has 2 rings (SSSR count). The van der Waals surface area contributed by atoms with Crippen molar-refractivity contribution in [2.75, 3.05) is 0 Å². The molecule has 1 saturated carbocycles. The molecule has 3 nitrogen and oxygen atoms in total. The third-order valence-electron chi connectivity index (χ3n) is 2.58. The number of rotatable bonds is 2. The smallest absolute Gasteiger partial charge is 0.171 e. The highest BCUT2D eigenvalue weighted by Crippen LogP contribution is 2.43. The minimum Gasteiger partial charge on any atom is -0.504 e. The maximum absolute atomic E-state index is 9.40. The van der Waals surface area contributed by atoms with Crippen LogP contribution in [0.15, 0.2) is 16.6 Å². The molecule has 1 aromatic carbocycles. The molecule has 1 aliphatic rings. The quantitative estimate of drug-likeness (QED) is 0.713. The van der Waals surface area contributed by atoms with Crippen molar-refractivity contribution in [3.63, 3.8) is 0 Å². The van der Waals surface area contributed by atoms with Crippen molar-refractivity contribution in [2.24, 2.45) is 11.7 Å². The van der Waals surface area contributed by atoms with Gasteiger partial charge in [-0.1, -0.05) is 0 Å². The van der Waals surface area contributed by atoms with E-state index in [9.17, 15) is 10.2 Å². The van der Waals surface area contributed by atoms with Crippen molar-refractivity contribution >= 4 is 15.9 Å². The molecule has 0 spiro atoms. The Kier molecular flexibility index (Phi) is 2.41. The Labute approximate surface area is 90.7 Å². The molecule has 0 radical (unpaired) electrons. The fraction of sp³-hybridized carbons (Fsp3) is 0.400. The van der Waals surface area contributed by atoms with Crippen LogP contribution in [0.1, 0.15) is 24.4 Å². The number of nitrogens with two attached hydrogens (primary N) is 1. The van der Waals surface area contributed by atoms with Crippen molar-refractivity contribution in [1.29, 1.82) is 0 Å². The van der Waals surface area contributed by atoms with E-state index >= 15 is 0 Å². The molecule has 4 N–H and O–H groups in total. The first-order valence-corrected chi connectivity index (χ1v) is 5.36. The highest BCUT2D eigenvalue weighted by Gasteiger charge is 2.30. The number of hydrogen-bond donors (Lipinski definition) is 3. The SMILES string of the molecule is N[C@@H](c1cc(O)c(O)c(Br)c1)C1CC1. The van der Waals surface area contributed by atoms with Gasteiger partial charge in [-0.3, -0.25) is 0 Å². The van der Waals surface area contributed by atoms with Crippen LogP contribution in [0.2, 0.25) is 0 Å². The molecule has 0 amide bonds. The van der Waals surface area contributed by atoms with Gasteiger partial charge in [-0.2, -0.15) is 0 Å². The molecule has 1 atom stereocenters. The molecule has 0 bridgehead atoms. The molecule has 0 aliphatic heterocycles. The second kappa shape index (κ2) is 3.44. The van der Waals surface area contributed by atoms with Crippen LogP contribution in [-0.2, 0) is 0 Å². The lowest BCUT2D eigenvalue weighted by Crippen LogP contribution is -2.12. The third-order valence-corrected chi connectivity index (χ3v) is 3.18. The van der Waals surface area contributed by atoms with Gasteiger partial charge in [0.05, 0.1) is 4.47 Å². The van der Waals surface area contributed by atoms with E-state index in [0.717, 1.165) is 18.4 Å². The molecule has 4 heteroatoms. The second-order valence-electron chi connectivity index (χ2n) is 3.73. The van der Waals surface area contributed by atoms with Crippen LogP contribution in [-0.4, -0.2) is 10.2 Å². The molecule has 1 aliphatic carbocycles. The molecule has 0 saturated heterocycles. The van der Waals surface area contributed by atoms with Gasteiger partial charge in [-0.15, -0.1) is 0 Å². The molecule has 1 aromatic rings. The van der Waals surface area contributed by atoms with E-state index in [1.165, 1.54) is 6.07 Å². The zero-order chi connectivity index (χ0) is 10.3. The van der Waals surface area contributed by atoms with Crippen molar-refractivity contribution in [2.45, 2.75) is 18.9 Å². The van der Waals surface area contributed by atoms with Gasteiger partial charge in [0.1, 0.15) is 0 Å². The molecular formula is C10H12BrNO2. The zero-order valence-corrected chi connectivity index (χ0v) is 9.16. The van der Waals surface area contributed by atoms with Gasteiger partial charge in [0.2, 0.25) is 0 Å². The summed E-state index contributed by atoms with van der Waals surface area (Å²) in [4.78, 5) is 0. The highest BCUT2D eigenvalue weighted by molar-refractivity contribution is 9.10. The largest absolute Gasteiger partial charge is 0.504 e. The van der Waals surface area contributed by atoms with Crippen LogP contribution in [0.3, 0.4) is 0 Å². The fourth-order valence-electron chi connectivity index (χ4n) is 1.52. The van der Waals surface area contributed by atoms with E-state index in [1.807, 2.05) is 0 Å². The lowest BCUT2D eigenvalue weighted by atomic mass is 10.0. The van der Waals surface area contributed by atoms with Crippen LogP contribution in [0.25, 0.3) is 0 Å². The molecule has 0 unspecified atom stereocenters. The highest BCUT2D eigenvalue weighted by atomic mass is 79.9. The van der Waals surface area contributed by atoms with E-state index < -0.39 is 0 Å². The number of phenolic OH excluding ortho intramolecular Hbond substituents is 2. The second-order valence-corrected chi connectivity index (χ2v) is 4.59. The number of benzene rings is 1. The van der Waals surface area contributed by atoms with Gasteiger partial charge in [0, 0.05) is 6.04 Å². The predicted octanol–water partition coefficient (Wildman–Crippen LogP) is 2.27. The van der Waals surface area contributed by atoms with Crippen LogP contribution < -0.4 is 5.73 Å². The normalized spacial score (nSPS) is 18.1. The van der Waals surface area contributed by atoms with Crippen molar-refractivity contribution in [1.82, 2.24) is 0 Å². The lowest BCUT2D eigenvalue weighted by molar-refractivity contribution is 0.400. The molecular weight excluding hydrogens is 246 g/mol. The number of phenols is 2. The fourth-order valence-corrected chi connectivity index (χ4v) is 1.99. The summed E-state index contributed by atoms with van der Waals surface area (Å²) in [5.74, 6) is 0.285. The predicted molar refractivity (Wildman–Crippen MR) is 57.1 cm³/mol. The Morgan fingerprint density at radius 2 is 2.00 bits per heavy atom. The summed E-state index contributed by atoms with van der Waals surface area (Å²) < 4.78 is 0.489. The summed E-state index contributed by atoms with van der Waals surface area (Å²) in [6.45, 7) is 0. The summed E-state index contributed by atoms with van der Waals surface area (Å²) in [6.07, 6.45) is 2.31. The number of aromatic hydroxyl groups is 2. The average Bonchev–Trinajstić information content (AvgIpc) is 2.95. The maximum atomic E-state index is 9.40. The summed E-state index contributed by atoms with van der Waals surface area (Å²) in [7, 11) is 0. The Hall–Kier alpha value is -0.740. The molecule has 1 fully saturated rings. The average molecular weight is 258 g/mol. The summed E-state index contributed by atoms with van der Waals surface area (Å²) >= 11 is 3.17. The van der Waals surface area contributed by atoms with Gasteiger partial charge in [0.25, 0.3) is 0 Å². The van der Waals surface area contributed by atoms with E-state index in [0.29, 0.717) is 10.4 Å². The molecule has 0 heterocycles. The van der Waals surface area contributed by atoms with Crippen LogP contribution in [0.4, 0.5) is 0 Å². The summed E-state index contributed by atoms with van der Waals surface area (Å²) in [5, 5.41) is 18.7. The monoisotopic (exact) mass is 257 g/mol. The number of hydrogen-bond acceptors (Lipinski definition) is 3. The van der Waals surface area contributed by atoms with Crippen molar-refractivity contribution < 1.29 is 10.2 Å². The van der Waals surface area contributed by atoms with Gasteiger partial charge in [0.15, 0.2) is 11.5 Å². The van der Waals surface area contributed by atoms with Crippen LogP contribution in [0, 0.1) is 5.92 Å². The van der Waals surface area contributed by atoms with E-state index in [4.69, 9.17) is 5.73 Å². The molecule has 14 heavy (non-hydrogen) atoms. The first-order chi connectivity index (χ1) is 6.59. The van der Waals surface area contributed by atoms with Gasteiger partial charge in [-0.05, 0) is 52.4 Å². The third kappa shape index (κ3) is 1.72. The standard InChI is InChI=1S/C10H12BrNO2/c11-7-3-6(4-8(13)10(7)14)9(12)5-1-2-5/h3-5,9,13-14H,1-2,12H2/t9-/m1/s1. The van der Waals surface area contributed by atoms with E-state index in [1.54, 1.807) is 6.07 Å². The van der Waals surface area contributed by atoms with Crippen LogP contribution in [0.5, 0.6) is 11.5 Å². The first-order valence-electron chi connectivity index (χ1n) is 4.56. The van der Waals surface area contributed by atoms with Gasteiger partial charge in [-0.25, -0.2) is 0 Å². The maximum Gasteiger partial charge on any atom is 0.171 e. The Morgan fingerprint density at radius 3 is 2.50 bits per heavy atom.